The van der Waals surface area contributed by atoms with Crippen molar-refractivity contribution in [2.45, 2.75) is 13.5 Å². The average molecular weight is 261 g/mol. The lowest BCUT2D eigenvalue weighted by atomic mass is 10.2. The van der Waals surface area contributed by atoms with Crippen molar-refractivity contribution < 1.29 is 9.34 Å². The maximum absolute atomic E-state index is 10.7. The fraction of sp³-hybridized carbons (Fsp3) is 0.231. The number of rotatable bonds is 4. The minimum atomic E-state index is -0.491. The molecule has 0 unspecified atom stereocenters. The van der Waals surface area contributed by atoms with Crippen molar-refractivity contribution in [3.8, 4) is 0 Å². The van der Waals surface area contributed by atoms with Crippen molar-refractivity contribution in [1.82, 2.24) is 0 Å². The van der Waals surface area contributed by atoms with Gasteiger partial charge in [-0.05, 0) is 31.2 Å². The maximum Gasteiger partial charge on any atom is 0.292 e. The van der Waals surface area contributed by atoms with Crippen LogP contribution >= 0.6 is 0 Å². The van der Waals surface area contributed by atoms with E-state index in [1.165, 1.54) is 6.07 Å². The van der Waals surface area contributed by atoms with Crippen LogP contribution in [0.25, 0.3) is 0 Å². The number of aryl methyl sites for hydroxylation is 1. The zero-order valence-electron chi connectivity index (χ0n) is 10.8. The first-order valence-electron chi connectivity index (χ1n) is 5.77. The highest BCUT2D eigenvalue weighted by Crippen LogP contribution is 2.27. The van der Waals surface area contributed by atoms with Crippen LogP contribution < -0.4 is 10.6 Å². The third-order valence-corrected chi connectivity index (χ3v) is 2.84. The molecule has 0 saturated heterocycles. The van der Waals surface area contributed by atoms with E-state index in [2.05, 4.69) is 0 Å². The van der Waals surface area contributed by atoms with Crippen LogP contribution in [0.5, 0.6) is 0 Å². The second-order valence-electron chi connectivity index (χ2n) is 4.37. The van der Waals surface area contributed by atoms with Crippen LogP contribution in [0, 0.1) is 17.0 Å². The number of nitrogen functional groups attached to an aromatic ring is 1. The Balaban J connectivity index is 2.17. The summed E-state index contributed by atoms with van der Waals surface area (Å²) in [6, 6.07) is 8.47. The molecule has 1 aromatic heterocycles. The molecule has 0 amide bonds. The van der Waals surface area contributed by atoms with Crippen LogP contribution in [-0.2, 0) is 6.54 Å². The Morgan fingerprint density at radius 2 is 2.11 bits per heavy atom. The first-order chi connectivity index (χ1) is 8.97. The molecule has 0 saturated carbocycles. The van der Waals surface area contributed by atoms with E-state index in [1.807, 2.05) is 31.0 Å². The van der Waals surface area contributed by atoms with Crippen LogP contribution in [0.3, 0.4) is 0 Å². The van der Waals surface area contributed by atoms with E-state index in [-0.39, 0.29) is 11.4 Å². The molecule has 100 valence electrons. The number of furan rings is 1. The van der Waals surface area contributed by atoms with Crippen molar-refractivity contribution in [3.63, 3.8) is 0 Å². The normalized spacial score (nSPS) is 10.4. The van der Waals surface area contributed by atoms with E-state index in [4.69, 9.17) is 10.2 Å². The molecule has 0 aliphatic rings. The summed E-state index contributed by atoms with van der Waals surface area (Å²) < 4.78 is 5.49. The van der Waals surface area contributed by atoms with Crippen molar-refractivity contribution >= 4 is 17.1 Å². The summed E-state index contributed by atoms with van der Waals surface area (Å²) in [4.78, 5) is 12.1. The molecule has 2 N–H and O–H groups in total. The number of nitrogens with two attached hydrogens (primary N) is 1. The molecular weight excluding hydrogens is 246 g/mol. The Morgan fingerprint density at radius 1 is 1.37 bits per heavy atom. The highest BCUT2D eigenvalue weighted by Gasteiger charge is 2.13. The lowest BCUT2D eigenvalue weighted by Crippen LogP contribution is -2.16. The molecule has 2 rings (SSSR count). The third kappa shape index (κ3) is 2.85. The van der Waals surface area contributed by atoms with Gasteiger partial charge in [-0.1, -0.05) is 0 Å². The molecule has 0 fully saturated rings. The van der Waals surface area contributed by atoms with Crippen LogP contribution in [0.4, 0.5) is 17.1 Å². The predicted molar refractivity (Wildman–Crippen MR) is 73.1 cm³/mol. The molecule has 6 nitrogen and oxygen atoms in total. The van der Waals surface area contributed by atoms with Crippen LogP contribution in [0.2, 0.25) is 0 Å². The Hall–Kier alpha value is -2.50. The molecule has 6 heteroatoms. The molecule has 0 aliphatic heterocycles. The Kier molecular flexibility index (Phi) is 3.41. The molecule has 1 heterocycles. The van der Waals surface area contributed by atoms with E-state index in [9.17, 15) is 10.1 Å². The Bertz CT molecular complexity index is 607. The van der Waals surface area contributed by atoms with Crippen molar-refractivity contribution in [2.75, 3.05) is 17.7 Å². The fourth-order valence-corrected chi connectivity index (χ4v) is 1.84. The van der Waals surface area contributed by atoms with Crippen LogP contribution in [-0.4, -0.2) is 12.0 Å². The van der Waals surface area contributed by atoms with E-state index in [1.54, 1.807) is 12.1 Å². The first kappa shape index (κ1) is 12.9. The Morgan fingerprint density at radius 3 is 2.63 bits per heavy atom. The molecular formula is C13H15N3O3. The summed E-state index contributed by atoms with van der Waals surface area (Å²) in [5.74, 6) is 1.68. The lowest BCUT2D eigenvalue weighted by molar-refractivity contribution is -0.383. The molecule has 0 aliphatic carbocycles. The molecule has 0 spiro atoms. The molecule has 2 aromatic rings. The number of nitrogens with zero attached hydrogens (tertiary/aromatic N) is 2. The zero-order chi connectivity index (χ0) is 14.0. The zero-order valence-corrected chi connectivity index (χ0v) is 10.8. The van der Waals surface area contributed by atoms with Gasteiger partial charge in [-0.3, -0.25) is 10.1 Å². The average Bonchev–Trinajstić information content (AvgIpc) is 2.74. The highest BCUT2D eigenvalue weighted by molar-refractivity contribution is 5.66. The van der Waals surface area contributed by atoms with E-state index < -0.39 is 4.92 Å². The fourth-order valence-electron chi connectivity index (χ4n) is 1.84. The largest absolute Gasteiger partial charge is 0.464 e. The van der Waals surface area contributed by atoms with Gasteiger partial charge < -0.3 is 15.1 Å². The van der Waals surface area contributed by atoms with Gasteiger partial charge in [0.2, 0.25) is 0 Å². The van der Waals surface area contributed by atoms with Crippen LogP contribution in [0.1, 0.15) is 11.5 Å². The van der Waals surface area contributed by atoms with Gasteiger partial charge in [0.1, 0.15) is 17.2 Å². The standard InChI is InChI=1S/C13H15N3O3/c1-9-3-5-11(19-9)8-15(2)10-4-6-13(16(17)18)12(14)7-10/h3-7H,8,14H2,1-2H3. The van der Waals surface area contributed by atoms with Gasteiger partial charge in [-0.2, -0.15) is 0 Å². The number of nitro benzene ring substituents is 1. The summed E-state index contributed by atoms with van der Waals surface area (Å²) in [5, 5.41) is 10.7. The summed E-state index contributed by atoms with van der Waals surface area (Å²) in [5.41, 5.74) is 6.55. The monoisotopic (exact) mass is 261 g/mol. The number of anilines is 2. The van der Waals surface area contributed by atoms with Gasteiger partial charge in [0.05, 0.1) is 11.5 Å². The summed E-state index contributed by atoms with van der Waals surface area (Å²) in [6.07, 6.45) is 0. The molecule has 19 heavy (non-hydrogen) atoms. The summed E-state index contributed by atoms with van der Waals surface area (Å²) in [7, 11) is 1.87. The SMILES string of the molecule is Cc1ccc(CN(C)c2ccc([N+](=O)[O-])c(N)c2)o1. The quantitative estimate of drug-likeness (QED) is 0.519. The number of nitro groups is 1. The lowest BCUT2D eigenvalue weighted by Gasteiger charge is -2.18. The van der Waals surface area contributed by atoms with Gasteiger partial charge in [0.15, 0.2) is 0 Å². The van der Waals surface area contributed by atoms with Gasteiger partial charge in [-0.25, -0.2) is 0 Å². The van der Waals surface area contributed by atoms with Gasteiger partial charge >= 0.3 is 0 Å². The molecule has 0 atom stereocenters. The van der Waals surface area contributed by atoms with Gasteiger partial charge in [-0.15, -0.1) is 0 Å². The third-order valence-electron chi connectivity index (χ3n) is 2.84. The second kappa shape index (κ2) is 5.01. The van der Waals surface area contributed by atoms with Crippen molar-refractivity contribution in [2.24, 2.45) is 0 Å². The maximum atomic E-state index is 10.7. The number of hydrogen-bond acceptors (Lipinski definition) is 5. The molecule has 0 radical (unpaired) electrons. The van der Waals surface area contributed by atoms with E-state index in [0.717, 1.165) is 17.2 Å². The van der Waals surface area contributed by atoms with E-state index >= 15 is 0 Å². The van der Waals surface area contributed by atoms with Crippen molar-refractivity contribution in [1.29, 1.82) is 0 Å². The predicted octanol–water partition coefficient (Wildman–Crippen LogP) is 2.71. The van der Waals surface area contributed by atoms with Crippen molar-refractivity contribution in [3.05, 3.63) is 52.0 Å². The molecule has 1 aromatic carbocycles. The summed E-state index contributed by atoms with van der Waals surface area (Å²) >= 11 is 0. The van der Waals surface area contributed by atoms with Crippen LogP contribution in [0.15, 0.2) is 34.7 Å². The highest BCUT2D eigenvalue weighted by atomic mass is 16.6. The smallest absolute Gasteiger partial charge is 0.292 e. The second-order valence-corrected chi connectivity index (χ2v) is 4.37. The topological polar surface area (TPSA) is 85.5 Å². The minimum Gasteiger partial charge on any atom is -0.464 e. The first-order valence-corrected chi connectivity index (χ1v) is 5.77. The minimum absolute atomic E-state index is 0.0778. The van der Waals surface area contributed by atoms with Gasteiger partial charge in [0, 0.05) is 18.8 Å². The van der Waals surface area contributed by atoms with E-state index in [0.29, 0.717) is 6.54 Å². The summed E-state index contributed by atoms with van der Waals surface area (Å²) in [6.45, 7) is 2.46. The van der Waals surface area contributed by atoms with Gasteiger partial charge in [0.25, 0.3) is 5.69 Å². The molecule has 0 bridgehead atoms. The number of benzene rings is 1. The number of hydrogen-bond donors (Lipinski definition) is 1. The Labute approximate surface area is 110 Å².